The van der Waals surface area contributed by atoms with Crippen molar-refractivity contribution in [1.29, 1.82) is 0 Å². The molecule has 3 rings (SSSR count). The first-order valence-corrected chi connectivity index (χ1v) is 8.28. The SMILES string of the molecule is Fc1ccc(-c2nc(CNCCC3=CCCC3)cs2)cc1. The number of allylic oxidation sites excluding steroid dienone is 1. The number of benzene rings is 1. The zero-order chi connectivity index (χ0) is 14.5. The van der Waals surface area contributed by atoms with Gasteiger partial charge in [-0.2, -0.15) is 0 Å². The molecule has 0 aliphatic heterocycles. The number of nitrogens with zero attached hydrogens (tertiary/aromatic N) is 1. The lowest BCUT2D eigenvalue weighted by Gasteiger charge is -2.03. The number of hydrogen-bond acceptors (Lipinski definition) is 3. The summed E-state index contributed by atoms with van der Waals surface area (Å²) in [5.41, 5.74) is 3.62. The first-order chi connectivity index (χ1) is 10.3. The lowest BCUT2D eigenvalue weighted by molar-refractivity contribution is 0.628. The van der Waals surface area contributed by atoms with E-state index in [0.717, 1.165) is 35.8 Å². The van der Waals surface area contributed by atoms with E-state index in [2.05, 4.69) is 21.8 Å². The molecule has 21 heavy (non-hydrogen) atoms. The summed E-state index contributed by atoms with van der Waals surface area (Å²) >= 11 is 1.61. The van der Waals surface area contributed by atoms with E-state index in [9.17, 15) is 4.39 Å². The summed E-state index contributed by atoms with van der Waals surface area (Å²) < 4.78 is 12.9. The van der Waals surface area contributed by atoms with Gasteiger partial charge in [0, 0.05) is 17.5 Å². The summed E-state index contributed by atoms with van der Waals surface area (Å²) in [5.74, 6) is -0.210. The lowest BCUT2D eigenvalue weighted by atomic mass is 10.2. The number of halogens is 1. The van der Waals surface area contributed by atoms with Crippen molar-refractivity contribution >= 4 is 11.3 Å². The third kappa shape index (κ3) is 3.99. The maximum absolute atomic E-state index is 12.9. The molecule has 110 valence electrons. The van der Waals surface area contributed by atoms with Crippen molar-refractivity contribution < 1.29 is 4.39 Å². The van der Waals surface area contributed by atoms with Crippen LogP contribution in [0.15, 0.2) is 41.3 Å². The highest BCUT2D eigenvalue weighted by Gasteiger charge is 2.06. The fourth-order valence-electron chi connectivity index (χ4n) is 2.54. The van der Waals surface area contributed by atoms with E-state index in [-0.39, 0.29) is 5.82 Å². The van der Waals surface area contributed by atoms with Gasteiger partial charge in [-0.05, 0) is 56.5 Å². The third-order valence-corrected chi connectivity index (χ3v) is 4.65. The molecule has 0 radical (unpaired) electrons. The van der Waals surface area contributed by atoms with E-state index in [1.807, 2.05) is 0 Å². The van der Waals surface area contributed by atoms with Crippen molar-refractivity contribution in [1.82, 2.24) is 10.3 Å². The molecule has 2 nitrogen and oxygen atoms in total. The molecular formula is C17H19FN2S. The molecule has 0 amide bonds. The summed E-state index contributed by atoms with van der Waals surface area (Å²) in [6.45, 7) is 1.81. The van der Waals surface area contributed by atoms with Gasteiger partial charge in [0.1, 0.15) is 10.8 Å². The molecule has 4 heteroatoms. The summed E-state index contributed by atoms with van der Waals surface area (Å²) in [5, 5.41) is 6.47. The van der Waals surface area contributed by atoms with Crippen molar-refractivity contribution in [2.45, 2.75) is 32.2 Å². The number of hydrogen-bond donors (Lipinski definition) is 1. The molecule has 0 atom stereocenters. The second-order valence-electron chi connectivity index (χ2n) is 5.33. The average molecular weight is 302 g/mol. The average Bonchev–Trinajstić information content (AvgIpc) is 3.16. The van der Waals surface area contributed by atoms with Gasteiger partial charge in [0.25, 0.3) is 0 Å². The van der Waals surface area contributed by atoms with Gasteiger partial charge in [0.2, 0.25) is 0 Å². The van der Waals surface area contributed by atoms with Gasteiger partial charge < -0.3 is 5.32 Å². The molecule has 1 aliphatic rings. The van der Waals surface area contributed by atoms with Crippen LogP contribution in [-0.4, -0.2) is 11.5 Å². The third-order valence-electron chi connectivity index (χ3n) is 3.71. The van der Waals surface area contributed by atoms with E-state index in [1.54, 1.807) is 29.0 Å². The minimum atomic E-state index is -0.210. The normalized spacial score (nSPS) is 14.4. The van der Waals surface area contributed by atoms with Crippen molar-refractivity contribution in [2.24, 2.45) is 0 Å². The Morgan fingerprint density at radius 3 is 2.86 bits per heavy atom. The Labute approximate surface area is 128 Å². The molecule has 1 heterocycles. The molecule has 0 spiro atoms. The van der Waals surface area contributed by atoms with Gasteiger partial charge in [0.05, 0.1) is 5.69 Å². The molecular weight excluding hydrogens is 283 g/mol. The lowest BCUT2D eigenvalue weighted by Crippen LogP contribution is -2.15. The van der Waals surface area contributed by atoms with Crippen LogP contribution in [0.3, 0.4) is 0 Å². The van der Waals surface area contributed by atoms with Crippen LogP contribution in [-0.2, 0) is 6.54 Å². The highest BCUT2D eigenvalue weighted by Crippen LogP contribution is 2.24. The largest absolute Gasteiger partial charge is 0.311 e. The molecule has 0 saturated heterocycles. The molecule has 1 aliphatic carbocycles. The fraction of sp³-hybridized carbons (Fsp3) is 0.353. The van der Waals surface area contributed by atoms with E-state index in [0.29, 0.717) is 0 Å². The van der Waals surface area contributed by atoms with E-state index in [1.165, 1.54) is 31.4 Å². The molecule has 0 fully saturated rings. The van der Waals surface area contributed by atoms with Crippen LogP contribution in [0.4, 0.5) is 4.39 Å². The van der Waals surface area contributed by atoms with Crippen molar-refractivity contribution in [2.75, 3.05) is 6.54 Å². The maximum Gasteiger partial charge on any atom is 0.123 e. The standard InChI is InChI=1S/C17H19FN2S/c18-15-7-5-14(6-8-15)17-20-16(12-21-17)11-19-10-9-13-3-1-2-4-13/h3,5-8,12,19H,1-2,4,9-11H2. The molecule has 1 N–H and O–H groups in total. The molecule has 0 saturated carbocycles. The van der Waals surface area contributed by atoms with Gasteiger partial charge in [0.15, 0.2) is 0 Å². The summed E-state index contributed by atoms with van der Waals surface area (Å²) in [7, 11) is 0. The van der Waals surface area contributed by atoms with E-state index >= 15 is 0 Å². The Morgan fingerprint density at radius 1 is 1.24 bits per heavy atom. The molecule has 1 aromatic carbocycles. The Bertz CT molecular complexity index is 616. The minimum absolute atomic E-state index is 0.210. The Hall–Kier alpha value is -1.52. The van der Waals surface area contributed by atoms with Gasteiger partial charge in [-0.1, -0.05) is 11.6 Å². The van der Waals surface area contributed by atoms with Crippen LogP contribution in [0, 0.1) is 5.82 Å². The van der Waals surface area contributed by atoms with Crippen molar-refractivity contribution in [3.05, 3.63) is 52.8 Å². The highest BCUT2D eigenvalue weighted by molar-refractivity contribution is 7.13. The smallest absolute Gasteiger partial charge is 0.123 e. The van der Waals surface area contributed by atoms with Crippen LogP contribution < -0.4 is 5.32 Å². The first-order valence-electron chi connectivity index (χ1n) is 7.40. The van der Waals surface area contributed by atoms with Gasteiger partial charge >= 0.3 is 0 Å². The quantitative estimate of drug-likeness (QED) is 0.626. The van der Waals surface area contributed by atoms with Crippen molar-refractivity contribution in [3.8, 4) is 10.6 Å². The second-order valence-corrected chi connectivity index (χ2v) is 6.19. The summed E-state index contributed by atoms with van der Waals surface area (Å²) in [6.07, 6.45) is 7.37. The fourth-order valence-corrected chi connectivity index (χ4v) is 3.37. The predicted octanol–water partition coefficient (Wildman–Crippen LogP) is 4.54. The Kier molecular flexibility index (Phi) is 4.78. The summed E-state index contributed by atoms with van der Waals surface area (Å²) in [6, 6.07) is 6.50. The minimum Gasteiger partial charge on any atom is -0.311 e. The first kappa shape index (κ1) is 14.4. The van der Waals surface area contributed by atoms with Crippen LogP contribution >= 0.6 is 11.3 Å². The number of rotatable bonds is 6. The zero-order valence-electron chi connectivity index (χ0n) is 11.9. The van der Waals surface area contributed by atoms with Gasteiger partial charge in [-0.25, -0.2) is 9.37 Å². The maximum atomic E-state index is 12.9. The van der Waals surface area contributed by atoms with Crippen LogP contribution in [0.2, 0.25) is 0 Å². The highest BCUT2D eigenvalue weighted by atomic mass is 32.1. The van der Waals surface area contributed by atoms with Crippen LogP contribution in [0.25, 0.3) is 10.6 Å². The summed E-state index contributed by atoms with van der Waals surface area (Å²) in [4.78, 5) is 4.60. The molecule has 2 aromatic rings. The molecule has 1 aromatic heterocycles. The van der Waals surface area contributed by atoms with Gasteiger partial charge in [-0.3, -0.25) is 0 Å². The van der Waals surface area contributed by atoms with Gasteiger partial charge in [-0.15, -0.1) is 11.3 Å². The van der Waals surface area contributed by atoms with Crippen LogP contribution in [0.5, 0.6) is 0 Å². The second kappa shape index (κ2) is 6.96. The predicted molar refractivity (Wildman–Crippen MR) is 85.8 cm³/mol. The molecule has 0 unspecified atom stereocenters. The number of aromatic nitrogens is 1. The molecule has 0 bridgehead atoms. The van der Waals surface area contributed by atoms with E-state index in [4.69, 9.17) is 0 Å². The Morgan fingerprint density at radius 2 is 2.10 bits per heavy atom. The topological polar surface area (TPSA) is 24.9 Å². The number of nitrogens with one attached hydrogen (secondary N) is 1. The monoisotopic (exact) mass is 302 g/mol. The van der Waals surface area contributed by atoms with Crippen LogP contribution in [0.1, 0.15) is 31.4 Å². The Balaban J connectivity index is 1.49. The van der Waals surface area contributed by atoms with E-state index < -0.39 is 0 Å². The number of thiazole rings is 1. The zero-order valence-corrected chi connectivity index (χ0v) is 12.8. The van der Waals surface area contributed by atoms with Crippen molar-refractivity contribution in [3.63, 3.8) is 0 Å².